The number of hydrogen-bond donors (Lipinski definition) is 1. The smallest absolute Gasteiger partial charge is 0.133 e. The van der Waals surface area contributed by atoms with Gasteiger partial charge in [-0.1, -0.05) is 24.3 Å². The van der Waals surface area contributed by atoms with Crippen molar-refractivity contribution in [2.75, 3.05) is 19.0 Å². The van der Waals surface area contributed by atoms with Crippen molar-refractivity contribution in [1.29, 1.82) is 0 Å². The zero-order valence-electron chi connectivity index (χ0n) is 13.4. The Morgan fingerprint density at radius 3 is 2.92 bits per heavy atom. The topological polar surface area (TPSA) is 39.1 Å². The van der Waals surface area contributed by atoms with Gasteiger partial charge in [-0.3, -0.25) is 0 Å². The van der Waals surface area contributed by atoms with Crippen LogP contribution in [0.1, 0.15) is 16.8 Å². The second-order valence-electron chi connectivity index (χ2n) is 5.84. The van der Waals surface area contributed by atoms with Crippen LogP contribution in [0.2, 0.25) is 0 Å². The SMILES string of the molecule is COc1cccc(Cc2nn(-c3ccccc3Br)c3c2CCN3)c1. The molecule has 1 N–H and O–H groups in total. The number of methoxy groups -OCH3 is 1. The predicted octanol–water partition coefficient (Wildman–Crippen LogP) is 4.20. The molecule has 0 bridgehead atoms. The Balaban J connectivity index is 1.75. The van der Waals surface area contributed by atoms with Gasteiger partial charge in [0.05, 0.1) is 18.5 Å². The van der Waals surface area contributed by atoms with Crippen molar-refractivity contribution in [2.24, 2.45) is 0 Å². The first-order chi connectivity index (χ1) is 11.8. The molecule has 2 aromatic carbocycles. The van der Waals surface area contributed by atoms with E-state index in [4.69, 9.17) is 9.84 Å². The summed E-state index contributed by atoms with van der Waals surface area (Å²) in [6.45, 7) is 0.961. The molecule has 0 amide bonds. The van der Waals surface area contributed by atoms with Gasteiger partial charge in [0.1, 0.15) is 11.6 Å². The third-order valence-electron chi connectivity index (χ3n) is 4.32. The molecular weight excluding hydrogens is 366 g/mol. The van der Waals surface area contributed by atoms with Gasteiger partial charge in [0.15, 0.2) is 0 Å². The molecule has 122 valence electrons. The quantitative estimate of drug-likeness (QED) is 0.733. The Morgan fingerprint density at radius 1 is 1.21 bits per heavy atom. The van der Waals surface area contributed by atoms with Gasteiger partial charge in [-0.05, 0) is 52.2 Å². The molecule has 0 saturated heterocycles. The van der Waals surface area contributed by atoms with E-state index in [0.717, 1.165) is 46.8 Å². The lowest BCUT2D eigenvalue weighted by atomic mass is 10.1. The Labute approximate surface area is 149 Å². The maximum atomic E-state index is 5.33. The molecule has 0 atom stereocenters. The van der Waals surface area contributed by atoms with E-state index in [1.54, 1.807) is 7.11 Å². The summed E-state index contributed by atoms with van der Waals surface area (Å²) in [5, 5.41) is 8.38. The van der Waals surface area contributed by atoms with Crippen molar-refractivity contribution in [3.63, 3.8) is 0 Å². The predicted molar refractivity (Wildman–Crippen MR) is 99.3 cm³/mol. The van der Waals surface area contributed by atoms with E-state index in [2.05, 4.69) is 39.4 Å². The van der Waals surface area contributed by atoms with E-state index < -0.39 is 0 Å². The molecule has 0 saturated carbocycles. The largest absolute Gasteiger partial charge is 0.497 e. The third kappa shape index (κ3) is 2.69. The maximum absolute atomic E-state index is 5.33. The maximum Gasteiger partial charge on any atom is 0.133 e. The van der Waals surface area contributed by atoms with Crippen molar-refractivity contribution < 1.29 is 4.74 Å². The number of ether oxygens (including phenoxy) is 1. The van der Waals surface area contributed by atoms with Crippen molar-refractivity contribution in [3.8, 4) is 11.4 Å². The van der Waals surface area contributed by atoms with E-state index in [1.165, 1.54) is 11.1 Å². The minimum atomic E-state index is 0.804. The van der Waals surface area contributed by atoms with E-state index >= 15 is 0 Å². The van der Waals surface area contributed by atoms with Gasteiger partial charge in [-0.15, -0.1) is 0 Å². The van der Waals surface area contributed by atoms with Gasteiger partial charge < -0.3 is 10.1 Å². The first-order valence-corrected chi connectivity index (χ1v) is 8.78. The normalized spacial score (nSPS) is 12.8. The summed E-state index contributed by atoms with van der Waals surface area (Å²) in [5.74, 6) is 1.99. The molecule has 24 heavy (non-hydrogen) atoms. The fraction of sp³-hybridized carbons (Fsp3) is 0.211. The molecule has 2 heterocycles. The zero-order chi connectivity index (χ0) is 16.5. The first kappa shape index (κ1) is 15.3. The first-order valence-electron chi connectivity index (χ1n) is 7.99. The van der Waals surface area contributed by atoms with Crippen LogP contribution in [0, 0.1) is 0 Å². The molecule has 0 aliphatic carbocycles. The van der Waals surface area contributed by atoms with Crippen molar-refractivity contribution in [3.05, 3.63) is 69.8 Å². The van der Waals surface area contributed by atoms with E-state index in [-0.39, 0.29) is 0 Å². The molecule has 4 rings (SSSR count). The molecule has 1 aromatic heterocycles. The summed E-state index contributed by atoms with van der Waals surface area (Å²) < 4.78 is 8.39. The number of fused-ring (bicyclic) bond motifs is 1. The molecule has 0 radical (unpaired) electrons. The van der Waals surface area contributed by atoms with E-state index in [0.29, 0.717) is 0 Å². The standard InChI is InChI=1S/C19H18BrN3O/c1-24-14-6-4-5-13(11-14)12-17-15-9-10-21-19(15)23(22-17)18-8-3-2-7-16(18)20/h2-8,11,21H,9-10,12H2,1H3. The van der Waals surface area contributed by atoms with Crippen molar-refractivity contribution >= 4 is 21.7 Å². The lowest BCUT2D eigenvalue weighted by Crippen LogP contribution is -2.05. The average Bonchev–Trinajstić information content (AvgIpc) is 3.20. The van der Waals surface area contributed by atoms with E-state index in [9.17, 15) is 0 Å². The Hall–Kier alpha value is -2.27. The second-order valence-corrected chi connectivity index (χ2v) is 6.70. The molecule has 3 aromatic rings. The van der Waals surface area contributed by atoms with Crippen LogP contribution < -0.4 is 10.1 Å². The van der Waals surface area contributed by atoms with E-state index in [1.807, 2.05) is 35.0 Å². The molecule has 0 spiro atoms. The summed E-state index contributed by atoms with van der Waals surface area (Å²) in [4.78, 5) is 0. The van der Waals surface area contributed by atoms with Crippen molar-refractivity contribution in [2.45, 2.75) is 12.8 Å². The lowest BCUT2D eigenvalue weighted by Gasteiger charge is -2.08. The van der Waals surface area contributed by atoms with Crippen LogP contribution in [-0.4, -0.2) is 23.4 Å². The fourth-order valence-corrected chi connectivity index (χ4v) is 3.61. The van der Waals surface area contributed by atoms with Gasteiger partial charge in [-0.25, -0.2) is 4.68 Å². The lowest BCUT2D eigenvalue weighted by molar-refractivity contribution is 0.414. The highest BCUT2D eigenvalue weighted by molar-refractivity contribution is 9.10. The number of benzene rings is 2. The Kier molecular flexibility index (Phi) is 4.02. The highest BCUT2D eigenvalue weighted by atomic mass is 79.9. The van der Waals surface area contributed by atoms with Crippen LogP contribution in [0.25, 0.3) is 5.69 Å². The number of hydrogen-bond acceptors (Lipinski definition) is 3. The molecule has 5 heteroatoms. The minimum absolute atomic E-state index is 0.804. The highest BCUT2D eigenvalue weighted by Crippen LogP contribution is 2.32. The van der Waals surface area contributed by atoms with Crippen LogP contribution in [-0.2, 0) is 12.8 Å². The van der Waals surface area contributed by atoms with Gasteiger partial charge in [0.25, 0.3) is 0 Å². The van der Waals surface area contributed by atoms with Crippen LogP contribution in [0.5, 0.6) is 5.75 Å². The number of anilines is 1. The summed E-state index contributed by atoms with van der Waals surface area (Å²) >= 11 is 3.63. The number of nitrogens with one attached hydrogen (secondary N) is 1. The highest BCUT2D eigenvalue weighted by Gasteiger charge is 2.23. The second kappa shape index (κ2) is 6.32. The zero-order valence-corrected chi connectivity index (χ0v) is 15.0. The van der Waals surface area contributed by atoms with Gasteiger partial charge in [0.2, 0.25) is 0 Å². The molecule has 0 fully saturated rings. The third-order valence-corrected chi connectivity index (χ3v) is 4.99. The summed E-state index contributed by atoms with van der Waals surface area (Å²) in [7, 11) is 1.70. The van der Waals surface area contributed by atoms with Crippen LogP contribution in [0.15, 0.2) is 53.0 Å². The summed E-state index contributed by atoms with van der Waals surface area (Å²) in [6.07, 6.45) is 1.82. The van der Waals surface area contributed by atoms with Gasteiger partial charge in [0, 0.05) is 23.0 Å². The number of nitrogens with zero attached hydrogens (tertiary/aromatic N) is 2. The monoisotopic (exact) mass is 383 g/mol. The summed E-state index contributed by atoms with van der Waals surface area (Å²) in [5.41, 5.74) is 4.70. The Morgan fingerprint density at radius 2 is 2.08 bits per heavy atom. The minimum Gasteiger partial charge on any atom is -0.497 e. The molecule has 0 unspecified atom stereocenters. The molecule has 1 aliphatic rings. The molecule has 1 aliphatic heterocycles. The van der Waals surface area contributed by atoms with Crippen LogP contribution in [0.3, 0.4) is 0 Å². The fourth-order valence-electron chi connectivity index (χ4n) is 3.16. The Bertz CT molecular complexity index is 888. The number of rotatable bonds is 4. The van der Waals surface area contributed by atoms with Crippen LogP contribution in [0.4, 0.5) is 5.82 Å². The van der Waals surface area contributed by atoms with Crippen LogP contribution >= 0.6 is 15.9 Å². The van der Waals surface area contributed by atoms with Crippen molar-refractivity contribution in [1.82, 2.24) is 9.78 Å². The molecular formula is C19H18BrN3O. The van der Waals surface area contributed by atoms with Gasteiger partial charge >= 0.3 is 0 Å². The number of aromatic nitrogens is 2. The number of para-hydroxylation sites is 1. The summed E-state index contributed by atoms with van der Waals surface area (Å²) in [6, 6.07) is 16.4. The van der Waals surface area contributed by atoms with Gasteiger partial charge in [-0.2, -0.15) is 5.10 Å². The number of halogens is 1. The average molecular weight is 384 g/mol. The molecule has 4 nitrogen and oxygen atoms in total.